The number of nitrogens with zero attached hydrogens (tertiary/aromatic N) is 3. The van der Waals surface area contributed by atoms with Crippen molar-refractivity contribution >= 4 is 26.8 Å². The molecule has 0 saturated heterocycles. The molecule has 0 radical (unpaired) electrons. The number of aromatic nitrogens is 2. The maximum atomic E-state index is 12.6. The molecule has 0 amide bonds. The summed E-state index contributed by atoms with van der Waals surface area (Å²) in [6, 6.07) is 13.9. The smallest absolute Gasteiger partial charge is 0.261 e. The zero-order valence-corrected chi connectivity index (χ0v) is 15.9. The summed E-state index contributed by atoms with van der Waals surface area (Å²) in [5.41, 5.74) is 3.24. The predicted molar refractivity (Wildman–Crippen MR) is 105 cm³/mol. The maximum absolute atomic E-state index is 12.6. The molecule has 0 aliphatic carbocycles. The van der Waals surface area contributed by atoms with Crippen LogP contribution in [0.1, 0.15) is 11.1 Å². The molecule has 0 saturated carbocycles. The second-order valence-electron chi connectivity index (χ2n) is 6.77. The molecule has 3 aromatic rings. The molecule has 1 N–H and O–H groups in total. The van der Waals surface area contributed by atoms with Gasteiger partial charge in [-0.3, -0.25) is 14.3 Å². The Kier molecular flexibility index (Phi) is 4.89. The highest BCUT2D eigenvalue weighted by molar-refractivity contribution is 9.10. The number of fused-ring (bicyclic) bond motifs is 2. The first-order chi connectivity index (χ1) is 12.6. The summed E-state index contributed by atoms with van der Waals surface area (Å²) >= 11 is 3.39. The maximum Gasteiger partial charge on any atom is 0.261 e. The lowest BCUT2D eigenvalue weighted by atomic mass is 10.00. The lowest BCUT2D eigenvalue weighted by molar-refractivity contribution is 0.0908. The average molecular weight is 414 g/mol. The van der Waals surface area contributed by atoms with E-state index in [2.05, 4.69) is 50.1 Å². The standard InChI is InChI=1S/C20H20BrN3O2/c21-16-5-6-18-19(9-16)22-13-24(20(18)26)12-17(25)11-23-8-7-14-3-1-2-4-15(14)10-23/h1-6,9,13,17,25H,7-8,10-12H2/t17-/m1/s1. The minimum absolute atomic E-state index is 0.120. The summed E-state index contributed by atoms with van der Waals surface area (Å²) in [5.74, 6) is 0. The third kappa shape index (κ3) is 3.58. The van der Waals surface area contributed by atoms with Crippen molar-refractivity contribution in [1.29, 1.82) is 0 Å². The van der Waals surface area contributed by atoms with Crippen LogP contribution in [0, 0.1) is 0 Å². The number of rotatable bonds is 4. The van der Waals surface area contributed by atoms with Crippen LogP contribution in [0.25, 0.3) is 10.9 Å². The van der Waals surface area contributed by atoms with Gasteiger partial charge in [0.25, 0.3) is 5.56 Å². The zero-order valence-electron chi connectivity index (χ0n) is 14.3. The molecule has 6 heteroatoms. The van der Waals surface area contributed by atoms with Crippen molar-refractivity contribution in [3.8, 4) is 0 Å². The summed E-state index contributed by atoms with van der Waals surface area (Å²) in [7, 11) is 0. The number of β-amino-alcohol motifs (C(OH)–C–C–N with tert-alkyl or cyclic N) is 1. The van der Waals surface area contributed by atoms with Crippen LogP contribution < -0.4 is 5.56 Å². The Labute approximate surface area is 160 Å². The van der Waals surface area contributed by atoms with Crippen LogP contribution in [-0.2, 0) is 19.5 Å². The number of hydrogen-bond acceptors (Lipinski definition) is 4. The van der Waals surface area contributed by atoms with E-state index in [0.717, 1.165) is 24.0 Å². The second kappa shape index (κ2) is 7.31. The van der Waals surface area contributed by atoms with E-state index in [0.29, 0.717) is 17.4 Å². The molecule has 1 aliphatic heterocycles. The molecular formula is C20H20BrN3O2. The second-order valence-corrected chi connectivity index (χ2v) is 7.69. The fourth-order valence-corrected chi connectivity index (χ4v) is 3.90. The molecule has 1 atom stereocenters. The highest BCUT2D eigenvalue weighted by Gasteiger charge is 2.19. The molecule has 5 nitrogen and oxygen atoms in total. The van der Waals surface area contributed by atoms with Crippen molar-refractivity contribution in [3.05, 3.63) is 74.7 Å². The van der Waals surface area contributed by atoms with E-state index in [9.17, 15) is 9.90 Å². The van der Waals surface area contributed by atoms with Gasteiger partial charge in [0, 0.05) is 24.1 Å². The fraction of sp³-hybridized carbons (Fsp3) is 0.300. The van der Waals surface area contributed by atoms with Gasteiger partial charge in [0.1, 0.15) is 0 Å². The van der Waals surface area contributed by atoms with Gasteiger partial charge in [-0.25, -0.2) is 4.98 Å². The normalized spacial score (nSPS) is 15.8. The first-order valence-corrected chi connectivity index (χ1v) is 9.51. The molecule has 2 heterocycles. The van der Waals surface area contributed by atoms with Gasteiger partial charge in [-0.05, 0) is 35.7 Å². The van der Waals surface area contributed by atoms with Gasteiger partial charge in [0.2, 0.25) is 0 Å². The molecule has 0 unspecified atom stereocenters. The van der Waals surface area contributed by atoms with Gasteiger partial charge in [-0.1, -0.05) is 40.2 Å². The fourth-order valence-electron chi connectivity index (χ4n) is 3.55. The van der Waals surface area contributed by atoms with Crippen LogP contribution >= 0.6 is 15.9 Å². The first kappa shape index (κ1) is 17.4. The minimum atomic E-state index is -0.618. The zero-order chi connectivity index (χ0) is 18.1. The van der Waals surface area contributed by atoms with Gasteiger partial charge >= 0.3 is 0 Å². The SMILES string of the molecule is O=c1c2ccc(Br)cc2ncn1C[C@H](O)CN1CCc2ccccc2C1. The van der Waals surface area contributed by atoms with E-state index < -0.39 is 6.10 Å². The number of hydrogen-bond donors (Lipinski definition) is 1. The molecule has 2 aromatic carbocycles. The van der Waals surface area contributed by atoms with Crippen LogP contribution in [-0.4, -0.2) is 38.8 Å². The molecule has 0 fully saturated rings. The van der Waals surface area contributed by atoms with Crippen molar-refractivity contribution in [2.24, 2.45) is 0 Å². The Morgan fingerprint density at radius 1 is 1.15 bits per heavy atom. The minimum Gasteiger partial charge on any atom is -0.390 e. The number of aliphatic hydroxyl groups excluding tert-OH is 1. The van der Waals surface area contributed by atoms with Gasteiger partial charge in [-0.2, -0.15) is 0 Å². The van der Waals surface area contributed by atoms with E-state index in [1.54, 1.807) is 6.07 Å². The topological polar surface area (TPSA) is 58.4 Å². The Morgan fingerprint density at radius 3 is 2.81 bits per heavy atom. The van der Waals surface area contributed by atoms with E-state index in [-0.39, 0.29) is 12.1 Å². The summed E-state index contributed by atoms with van der Waals surface area (Å²) in [5, 5.41) is 11.1. The lowest BCUT2D eigenvalue weighted by Crippen LogP contribution is -2.39. The van der Waals surface area contributed by atoms with E-state index >= 15 is 0 Å². The quantitative estimate of drug-likeness (QED) is 0.713. The number of benzene rings is 2. The highest BCUT2D eigenvalue weighted by atomic mass is 79.9. The summed E-state index contributed by atoms with van der Waals surface area (Å²) in [6.07, 6.45) is 1.90. The van der Waals surface area contributed by atoms with Gasteiger partial charge in [0.15, 0.2) is 0 Å². The van der Waals surface area contributed by atoms with Gasteiger partial charge in [0.05, 0.1) is 29.9 Å². The predicted octanol–water partition coefficient (Wildman–Crippen LogP) is 2.58. The Hall–Kier alpha value is -2.02. The van der Waals surface area contributed by atoms with Crippen LogP contribution in [0.15, 0.2) is 58.1 Å². The molecular weight excluding hydrogens is 394 g/mol. The Morgan fingerprint density at radius 2 is 1.96 bits per heavy atom. The first-order valence-electron chi connectivity index (χ1n) is 8.72. The van der Waals surface area contributed by atoms with E-state index in [1.807, 2.05) is 12.1 Å². The summed E-state index contributed by atoms with van der Waals surface area (Å²) in [4.78, 5) is 19.2. The third-order valence-corrected chi connectivity index (χ3v) is 5.37. The van der Waals surface area contributed by atoms with Crippen LogP contribution in [0.2, 0.25) is 0 Å². The Balaban J connectivity index is 1.46. The van der Waals surface area contributed by atoms with Gasteiger partial charge in [-0.15, -0.1) is 0 Å². The molecule has 1 aromatic heterocycles. The summed E-state index contributed by atoms with van der Waals surface area (Å²) < 4.78 is 2.39. The Bertz CT molecular complexity index is 1000. The van der Waals surface area contributed by atoms with Crippen molar-refractivity contribution in [3.63, 3.8) is 0 Å². The van der Waals surface area contributed by atoms with E-state index in [4.69, 9.17) is 0 Å². The highest BCUT2D eigenvalue weighted by Crippen LogP contribution is 2.19. The van der Waals surface area contributed by atoms with Gasteiger partial charge < -0.3 is 5.11 Å². The number of aliphatic hydroxyl groups is 1. The molecule has 26 heavy (non-hydrogen) atoms. The monoisotopic (exact) mass is 413 g/mol. The molecule has 0 bridgehead atoms. The van der Waals surface area contributed by atoms with Crippen molar-refractivity contribution in [2.45, 2.75) is 25.6 Å². The van der Waals surface area contributed by atoms with Crippen molar-refractivity contribution in [1.82, 2.24) is 14.5 Å². The van der Waals surface area contributed by atoms with Crippen molar-refractivity contribution < 1.29 is 5.11 Å². The largest absolute Gasteiger partial charge is 0.390 e. The van der Waals surface area contributed by atoms with Crippen LogP contribution in [0.3, 0.4) is 0 Å². The summed E-state index contributed by atoms with van der Waals surface area (Å²) in [6.45, 7) is 2.55. The lowest BCUT2D eigenvalue weighted by Gasteiger charge is -2.30. The number of halogens is 1. The third-order valence-electron chi connectivity index (χ3n) is 4.87. The molecule has 134 valence electrons. The van der Waals surface area contributed by atoms with Crippen LogP contribution in [0.5, 0.6) is 0 Å². The molecule has 1 aliphatic rings. The van der Waals surface area contributed by atoms with E-state index in [1.165, 1.54) is 22.0 Å². The van der Waals surface area contributed by atoms with Crippen LogP contribution in [0.4, 0.5) is 0 Å². The molecule has 4 rings (SSSR count). The van der Waals surface area contributed by atoms with Crippen molar-refractivity contribution in [2.75, 3.05) is 13.1 Å². The average Bonchev–Trinajstić information content (AvgIpc) is 2.64. The molecule has 0 spiro atoms.